The van der Waals surface area contributed by atoms with Crippen LogP contribution in [0.25, 0.3) is 5.69 Å². The second-order valence-electron chi connectivity index (χ2n) is 3.94. The van der Waals surface area contributed by atoms with E-state index in [1.807, 2.05) is 0 Å². The quantitative estimate of drug-likeness (QED) is 0.881. The van der Waals surface area contributed by atoms with Gasteiger partial charge in [0.1, 0.15) is 11.5 Å². The van der Waals surface area contributed by atoms with Crippen LogP contribution in [0, 0.1) is 5.82 Å². The molecule has 4 nitrogen and oxygen atoms in total. The van der Waals surface area contributed by atoms with Crippen molar-refractivity contribution in [3.63, 3.8) is 0 Å². The van der Waals surface area contributed by atoms with E-state index in [1.165, 1.54) is 42.0 Å². The van der Waals surface area contributed by atoms with Crippen molar-refractivity contribution >= 4 is 27.7 Å². The van der Waals surface area contributed by atoms with Crippen LogP contribution in [-0.2, 0) is 0 Å². The predicted octanol–water partition coefficient (Wildman–Crippen LogP) is 3.28. The van der Waals surface area contributed by atoms with Crippen molar-refractivity contribution in [3.05, 3.63) is 52.0 Å². The van der Waals surface area contributed by atoms with Crippen molar-refractivity contribution in [3.8, 4) is 5.69 Å². The second-order valence-corrected chi connectivity index (χ2v) is 4.80. The van der Waals surface area contributed by atoms with E-state index in [2.05, 4.69) is 15.9 Å². The summed E-state index contributed by atoms with van der Waals surface area (Å²) in [6.45, 7) is 1.34. The van der Waals surface area contributed by atoms with Gasteiger partial charge in [0.25, 0.3) is 0 Å². The number of hydrogen-bond acceptors (Lipinski definition) is 2. The Labute approximate surface area is 116 Å². The number of aromatic nitrogens is 1. The normalized spacial score (nSPS) is 10.5. The molecule has 6 heteroatoms. The van der Waals surface area contributed by atoms with Gasteiger partial charge < -0.3 is 9.67 Å². The Bertz CT molecular complexity index is 679. The summed E-state index contributed by atoms with van der Waals surface area (Å²) in [5.74, 6) is -1.94. The molecule has 0 aliphatic carbocycles. The number of rotatable bonds is 3. The molecule has 19 heavy (non-hydrogen) atoms. The Balaban J connectivity index is 2.70. The van der Waals surface area contributed by atoms with E-state index < -0.39 is 11.8 Å². The summed E-state index contributed by atoms with van der Waals surface area (Å²) in [5, 5.41) is 9.14. The van der Waals surface area contributed by atoms with Gasteiger partial charge in [0.15, 0.2) is 5.78 Å². The molecule has 1 aromatic carbocycles. The van der Waals surface area contributed by atoms with Crippen molar-refractivity contribution in [1.29, 1.82) is 0 Å². The van der Waals surface area contributed by atoms with Crippen molar-refractivity contribution in [2.24, 2.45) is 0 Å². The highest BCUT2D eigenvalue weighted by molar-refractivity contribution is 9.10. The fourth-order valence-electron chi connectivity index (χ4n) is 1.69. The predicted molar refractivity (Wildman–Crippen MR) is 70.4 cm³/mol. The third-order valence-electron chi connectivity index (χ3n) is 2.61. The summed E-state index contributed by atoms with van der Waals surface area (Å²) >= 11 is 3.23. The van der Waals surface area contributed by atoms with Crippen molar-refractivity contribution in [1.82, 2.24) is 4.57 Å². The summed E-state index contributed by atoms with van der Waals surface area (Å²) in [6.07, 6.45) is 1.38. The van der Waals surface area contributed by atoms with Crippen LogP contribution in [0.15, 0.2) is 34.9 Å². The highest BCUT2D eigenvalue weighted by Crippen LogP contribution is 2.25. The summed E-state index contributed by atoms with van der Waals surface area (Å²) in [4.78, 5) is 22.5. The Morgan fingerprint density at radius 2 is 2.00 bits per heavy atom. The minimum atomic E-state index is -1.19. The molecule has 0 radical (unpaired) electrons. The lowest BCUT2D eigenvalue weighted by molar-refractivity contribution is 0.0688. The van der Waals surface area contributed by atoms with Crippen LogP contribution >= 0.6 is 15.9 Å². The monoisotopic (exact) mass is 325 g/mol. The molecule has 0 aliphatic heterocycles. The number of hydrogen-bond donors (Lipinski definition) is 1. The molecule has 0 fully saturated rings. The number of halogens is 2. The van der Waals surface area contributed by atoms with Crippen LogP contribution in [-0.4, -0.2) is 21.4 Å². The lowest BCUT2D eigenvalue weighted by Gasteiger charge is -2.08. The van der Waals surface area contributed by atoms with Crippen molar-refractivity contribution in [2.75, 3.05) is 0 Å². The molecular weight excluding hydrogens is 317 g/mol. The number of nitrogens with zero attached hydrogens (tertiary/aromatic N) is 1. The van der Waals surface area contributed by atoms with Gasteiger partial charge in [0.2, 0.25) is 0 Å². The zero-order chi connectivity index (χ0) is 14.2. The lowest BCUT2D eigenvalue weighted by Crippen LogP contribution is -2.06. The molecule has 0 atom stereocenters. The molecule has 2 aromatic rings. The smallest absolute Gasteiger partial charge is 0.352 e. The number of carbonyl (C=O) groups excluding carboxylic acids is 1. The van der Waals surface area contributed by atoms with Crippen LogP contribution in [0.4, 0.5) is 4.39 Å². The molecule has 1 aromatic heterocycles. The molecule has 2 rings (SSSR count). The third-order valence-corrected chi connectivity index (χ3v) is 3.28. The number of carboxylic acids is 1. The summed E-state index contributed by atoms with van der Waals surface area (Å²) < 4.78 is 15.1. The number of aromatic carboxylic acids is 1. The van der Waals surface area contributed by atoms with E-state index in [9.17, 15) is 14.0 Å². The third kappa shape index (κ3) is 2.58. The van der Waals surface area contributed by atoms with Gasteiger partial charge in [-0.3, -0.25) is 4.79 Å². The maximum absolute atomic E-state index is 13.3. The molecule has 0 aliphatic rings. The van der Waals surface area contributed by atoms with Crippen molar-refractivity contribution < 1.29 is 19.1 Å². The number of Topliss-reactive ketones (excluding diaryl/α,β-unsaturated/α-hetero) is 1. The van der Waals surface area contributed by atoms with Crippen LogP contribution in [0.3, 0.4) is 0 Å². The molecule has 0 unspecified atom stereocenters. The van der Waals surface area contributed by atoms with Crippen LogP contribution in [0.2, 0.25) is 0 Å². The average Bonchev–Trinajstić information content (AvgIpc) is 2.77. The summed E-state index contributed by atoms with van der Waals surface area (Å²) in [5.41, 5.74) is 0.481. The molecule has 0 bridgehead atoms. The molecule has 1 heterocycles. The molecule has 1 N–H and O–H groups in total. The van der Waals surface area contributed by atoms with E-state index in [4.69, 9.17) is 5.11 Å². The van der Waals surface area contributed by atoms with Gasteiger partial charge in [0, 0.05) is 16.2 Å². The van der Waals surface area contributed by atoms with Gasteiger partial charge in [-0.2, -0.15) is 0 Å². The van der Waals surface area contributed by atoms with E-state index in [-0.39, 0.29) is 17.0 Å². The molecule has 98 valence electrons. The lowest BCUT2D eigenvalue weighted by atomic mass is 10.2. The number of carbonyl (C=O) groups is 2. The van der Waals surface area contributed by atoms with Crippen LogP contribution in [0.5, 0.6) is 0 Å². The fourth-order valence-corrected chi connectivity index (χ4v) is 2.13. The van der Waals surface area contributed by atoms with Crippen LogP contribution < -0.4 is 0 Å². The van der Waals surface area contributed by atoms with E-state index >= 15 is 0 Å². The average molecular weight is 326 g/mol. The first kappa shape index (κ1) is 13.5. The van der Waals surface area contributed by atoms with E-state index in [0.29, 0.717) is 10.2 Å². The van der Waals surface area contributed by atoms with E-state index in [0.717, 1.165) is 0 Å². The Hall–Kier alpha value is -1.95. The summed E-state index contributed by atoms with van der Waals surface area (Å²) in [7, 11) is 0. The van der Waals surface area contributed by atoms with Crippen molar-refractivity contribution in [2.45, 2.75) is 6.92 Å². The molecular formula is C13H9BrFNO3. The highest BCUT2D eigenvalue weighted by atomic mass is 79.9. The van der Waals surface area contributed by atoms with Gasteiger partial charge in [-0.05, 0) is 47.1 Å². The highest BCUT2D eigenvalue weighted by Gasteiger charge is 2.17. The maximum atomic E-state index is 13.3. The zero-order valence-corrected chi connectivity index (χ0v) is 11.4. The van der Waals surface area contributed by atoms with Gasteiger partial charge >= 0.3 is 5.97 Å². The largest absolute Gasteiger partial charge is 0.477 e. The molecule has 0 amide bonds. The first-order valence-electron chi connectivity index (χ1n) is 5.32. The van der Waals surface area contributed by atoms with Gasteiger partial charge in [-0.15, -0.1) is 0 Å². The SMILES string of the molecule is CC(=O)c1cc(C(=O)O)n(-c2cc(F)ccc2Br)c1. The Kier molecular flexibility index (Phi) is 3.53. The summed E-state index contributed by atoms with van der Waals surface area (Å²) in [6, 6.07) is 5.19. The minimum Gasteiger partial charge on any atom is -0.477 e. The number of benzene rings is 1. The first-order valence-corrected chi connectivity index (χ1v) is 6.11. The van der Waals surface area contributed by atoms with E-state index in [1.54, 1.807) is 0 Å². The second kappa shape index (κ2) is 4.97. The number of ketones is 1. The molecule has 0 saturated heterocycles. The maximum Gasteiger partial charge on any atom is 0.352 e. The number of carboxylic acid groups (broad SMARTS) is 1. The minimum absolute atomic E-state index is 0.100. The topological polar surface area (TPSA) is 59.3 Å². The van der Waals surface area contributed by atoms with Gasteiger partial charge in [-0.25, -0.2) is 9.18 Å². The molecule has 0 saturated carbocycles. The van der Waals surface area contributed by atoms with Gasteiger partial charge in [-0.1, -0.05) is 0 Å². The Morgan fingerprint density at radius 1 is 1.32 bits per heavy atom. The van der Waals surface area contributed by atoms with Gasteiger partial charge in [0.05, 0.1) is 5.69 Å². The Morgan fingerprint density at radius 3 is 2.58 bits per heavy atom. The standard InChI is InChI=1S/C13H9BrFNO3/c1-7(17)8-4-12(13(18)19)16(6-8)11-5-9(15)2-3-10(11)14/h2-6H,1H3,(H,18,19). The molecule has 0 spiro atoms. The van der Waals surface area contributed by atoms with Crippen LogP contribution in [0.1, 0.15) is 27.8 Å². The fraction of sp³-hybridized carbons (Fsp3) is 0.0769. The first-order chi connectivity index (χ1) is 8.90. The zero-order valence-electron chi connectivity index (χ0n) is 9.85.